The Morgan fingerprint density at radius 2 is 1.96 bits per heavy atom. The standard InChI is InChI=1S/C18H16N4O2S2/c23-15(10-25-17-19-13-8-4-5-9-14(13)20-17)21-18(22-16(24)11-26-18)12-6-2-1-3-7-12/h1-9H,10-11H2,(H,19,20)(H,21,23)(H,22,24). The molecule has 6 nitrogen and oxygen atoms in total. The predicted octanol–water partition coefficient (Wildman–Crippen LogP) is 2.44. The van der Waals surface area contributed by atoms with Gasteiger partial charge in [-0.3, -0.25) is 9.59 Å². The Labute approximate surface area is 158 Å². The zero-order chi connectivity index (χ0) is 18.0. The van der Waals surface area contributed by atoms with Crippen molar-refractivity contribution in [3.05, 3.63) is 60.2 Å². The maximum Gasteiger partial charge on any atom is 0.233 e. The van der Waals surface area contributed by atoms with E-state index in [1.165, 1.54) is 23.5 Å². The highest BCUT2D eigenvalue weighted by Gasteiger charge is 2.41. The van der Waals surface area contributed by atoms with Gasteiger partial charge in [-0.05, 0) is 12.1 Å². The molecule has 0 saturated carbocycles. The lowest BCUT2D eigenvalue weighted by atomic mass is 10.1. The molecule has 132 valence electrons. The number of amides is 2. The second-order valence-electron chi connectivity index (χ2n) is 5.78. The largest absolute Gasteiger partial charge is 0.333 e. The molecule has 1 fully saturated rings. The van der Waals surface area contributed by atoms with Gasteiger partial charge in [-0.1, -0.05) is 66.0 Å². The van der Waals surface area contributed by atoms with Crippen molar-refractivity contribution in [2.75, 3.05) is 11.5 Å². The number of hydrogen-bond acceptors (Lipinski definition) is 5. The van der Waals surface area contributed by atoms with E-state index < -0.39 is 4.99 Å². The van der Waals surface area contributed by atoms with Gasteiger partial charge in [0.05, 0.1) is 22.5 Å². The number of rotatable bonds is 5. The van der Waals surface area contributed by atoms with Gasteiger partial charge in [-0.15, -0.1) is 0 Å². The van der Waals surface area contributed by atoms with Gasteiger partial charge in [0.2, 0.25) is 11.8 Å². The number of H-pyrrole nitrogens is 1. The molecule has 2 heterocycles. The number of para-hydroxylation sites is 2. The lowest BCUT2D eigenvalue weighted by Crippen LogP contribution is -2.52. The molecule has 1 unspecified atom stereocenters. The number of benzene rings is 2. The molecule has 2 amide bonds. The summed E-state index contributed by atoms with van der Waals surface area (Å²) in [5, 5.41) is 6.56. The second kappa shape index (κ2) is 7.05. The predicted molar refractivity (Wildman–Crippen MR) is 104 cm³/mol. The van der Waals surface area contributed by atoms with E-state index in [-0.39, 0.29) is 17.6 Å². The highest BCUT2D eigenvalue weighted by molar-refractivity contribution is 8.01. The van der Waals surface area contributed by atoms with Gasteiger partial charge < -0.3 is 15.6 Å². The van der Waals surface area contributed by atoms with Crippen molar-refractivity contribution in [2.24, 2.45) is 0 Å². The van der Waals surface area contributed by atoms with Crippen LogP contribution in [0.5, 0.6) is 0 Å². The Hall–Kier alpha value is -2.45. The molecule has 3 N–H and O–H groups in total. The van der Waals surface area contributed by atoms with Gasteiger partial charge in [-0.2, -0.15) is 0 Å². The molecular formula is C18H16N4O2S2. The fraction of sp³-hybridized carbons (Fsp3) is 0.167. The SMILES string of the molecule is O=C(CSc1nc2ccccc2[nH]1)NC1(c2ccccc2)NC(=O)CS1. The van der Waals surface area contributed by atoms with Crippen molar-refractivity contribution in [1.29, 1.82) is 0 Å². The Kier molecular flexibility index (Phi) is 4.60. The van der Waals surface area contributed by atoms with Gasteiger partial charge in [0, 0.05) is 5.56 Å². The summed E-state index contributed by atoms with van der Waals surface area (Å²) in [6.45, 7) is 0. The lowest BCUT2D eigenvalue weighted by molar-refractivity contribution is -0.121. The smallest absolute Gasteiger partial charge is 0.233 e. The van der Waals surface area contributed by atoms with Crippen molar-refractivity contribution in [1.82, 2.24) is 20.6 Å². The molecular weight excluding hydrogens is 368 g/mol. The first-order valence-electron chi connectivity index (χ1n) is 8.04. The maximum atomic E-state index is 12.5. The molecule has 8 heteroatoms. The first-order valence-corrected chi connectivity index (χ1v) is 10.0. The van der Waals surface area contributed by atoms with Crippen molar-refractivity contribution < 1.29 is 9.59 Å². The topological polar surface area (TPSA) is 86.9 Å². The highest BCUT2D eigenvalue weighted by atomic mass is 32.2. The molecule has 1 aliphatic heterocycles. The number of carbonyl (C=O) groups is 2. The van der Waals surface area contributed by atoms with Crippen LogP contribution in [0.1, 0.15) is 5.56 Å². The minimum atomic E-state index is -0.913. The summed E-state index contributed by atoms with van der Waals surface area (Å²) < 4.78 is 0. The van der Waals surface area contributed by atoms with Crippen LogP contribution in [0.2, 0.25) is 0 Å². The molecule has 0 spiro atoms. The van der Waals surface area contributed by atoms with Crippen LogP contribution >= 0.6 is 23.5 Å². The number of carbonyl (C=O) groups excluding carboxylic acids is 2. The van der Waals surface area contributed by atoms with Gasteiger partial charge in [0.1, 0.15) is 0 Å². The van der Waals surface area contributed by atoms with E-state index in [0.29, 0.717) is 10.9 Å². The van der Waals surface area contributed by atoms with Crippen molar-refractivity contribution in [2.45, 2.75) is 10.2 Å². The fourth-order valence-corrected chi connectivity index (χ4v) is 4.55. The summed E-state index contributed by atoms with van der Waals surface area (Å²) in [4.78, 5) is 31.1. The van der Waals surface area contributed by atoms with Crippen molar-refractivity contribution >= 4 is 46.4 Å². The van der Waals surface area contributed by atoms with E-state index in [4.69, 9.17) is 0 Å². The van der Waals surface area contributed by atoms with E-state index in [2.05, 4.69) is 20.6 Å². The average Bonchev–Trinajstić information content (AvgIpc) is 3.24. The van der Waals surface area contributed by atoms with E-state index in [1.54, 1.807) is 0 Å². The number of nitrogens with one attached hydrogen (secondary N) is 3. The summed E-state index contributed by atoms with van der Waals surface area (Å²) in [7, 11) is 0. The van der Waals surface area contributed by atoms with Gasteiger partial charge >= 0.3 is 0 Å². The Balaban J connectivity index is 1.46. The number of aromatic amines is 1. The van der Waals surface area contributed by atoms with Crippen LogP contribution < -0.4 is 10.6 Å². The fourth-order valence-electron chi connectivity index (χ4n) is 2.77. The minimum Gasteiger partial charge on any atom is -0.333 e. The second-order valence-corrected chi connectivity index (χ2v) is 7.93. The molecule has 26 heavy (non-hydrogen) atoms. The quantitative estimate of drug-likeness (QED) is 0.588. The first-order chi connectivity index (χ1) is 12.6. The molecule has 1 saturated heterocycles. The van der Waals surface area contributed by atoms with Crippen molar-refractivity contribution in [3.8, 4) is 0 Å². The Bertz CT molecular complexity index is 927. The summed E-state index contributed by atoms with van der Waals surface area (Å²) >= 11 is 2.71. The molecule has 0 radical (unpaired) electrons. The van der Waals surface area contributed by atoms with Crippen LogP contribution in [0.4, 0.5) is 0 Å². The summed E-state index contributed by atoms with van der Waals surface area (Å²) in [5.74, 6) is 0.245. The average molecular weight is 384 g/mol. The molecule has 4 rings (SSSR count). The summed E-state index contributed by atoms with van der Waals surface area (Å²) in [6, 6.07) is 17.2. The summed E-state index contributed by atoms with van der Waals surface area (Å²) in [5.41, 5.74) is 2.66. The van der Waals surface area contributed by atoms with Crippen LogP contribution in [0.25, 0.3) is 11.0 Å². The normalized spacial score (nSPS) is 19.5. The molecule has 3 aromatic rings. The maximum absolute atomic E-state index is 12.5. The van der Waals surface area contributed by atoms with E-state index >= 15 is 0 Å². The van der Waals surface area contributed by atoms with Crippen LogP contribution in [-0.2, 0) is 14.6 Å². The zero-order valence-electron chi connectivity index (χ0n) is 13.7. The lowest BCUT2D eigenvalue weighted by Gasteiger charge is -2.29. The number of thioether (sulfide) groups is 2. The third-order valence-corrected chi connectivity index (χ3v) is 6.09. The first kappa shape index (κ1) is 17.0. The number of hydrogen-bond donors (Lipinski definition) is 3. The minimum absolute atomic E-state index is 0.0934. The molecule has 0 aliphatic carbocycles. The van der Waals surface area contributed by atoms with Gasteiger partial charge in [-0.25, -0.2) is 4.98 Å². The van der Waals surface area contributed by atoms with Crippen LogP contribution in [-0.4, -0.2) is 33.3 Å². The van der Waals surface area contributed by atoms with E-state index in [1.807, 2.05) is 54.6 Å². The van der Waals surface area contributed by atoms with Crippen LogP contribution in [0, 0.1) is 0 Å². The molecule has 1 aromatic heterocycles. The number of nitrogens with zero attached hydrogens (tertiary/aromatic N) is 1. The third-order valence-electron chi connectivity index (χ3n) is 3.94. The number of imidazole rings is 1. The van der Waals surface area contributed by atoms with Crippen molar-refractivity contribution in [3.63, 3.8) is 0 Å². The number of aromatic nitrogens is 2. The van der Waals surface area contributed by atoms with E-state index in [0.717, 1.165) is 16.6 Å². The molecule has 2 aromatic carbocycles. The molecule has 0 bridgehead atoms. The van der Waals surface area contributed by atoms with Gasteiger partial charge in [0.25, 0.3) is 0 Å². The highest BCUT2D eigenvalue weighted by Crippen LogP contribution is 2.35. The zero-order valence-corrected chi connectivity index (χ0v) is 15.3. The Morgan fingerprint density at radius 1 is 1.19 bits per heavy atom. The van der Waals surface area contributed by atoms with E-state index in [9.17, 15) is 9.59 Å². The van der Waals surface area contributed by atoms with Gasteiger partial charge in [0.15, 0.2) is 10.2 Å². The van der Waals surface area contributed by atoms with Crippen LogP contribution in [0.3, 0.4) is 0 Å². The van der Waals surface area contributed by atoms with Crippen LogP contribution in [0.15, 0.2) is 59.8 Å². The molecule has 1 aliphatic rings. The molecule has 1 atom stereocenters. The third kappa shape index (κ3) is 3.42. The number of fused-ring (bicyclic) bond motifs is 1. The summed E-state index contributed by atoms with van der Waals surface area (Å²) in [6.07, 6.45) is 0. The Morgan fingerprint density at radius 3 is 2.69 bits per heavy atom. The monoisotopic (exact) mass is 384 g/mol.